The number of rotatable bonds is 6. The molecule has 1 aromatic rings. The van der Waals surface area contributed by atoms with Crippen molar-refractivity contribution in [1.29, 1.82) is 0 Å². The van der Waals surface area contributed by atoms with Crippen molar-refractivity contribution in [3.05, 3.63) is 35.9 Å². The molecule has 2 rings (SSSR count). The summed E-state index contributed by atoms with van der Waals surface area (Å²) >= 11 is 0. The van der Waals surface area contributed by atoms with Crippen LogP contribution in [0.4, 0.5) is 17.6 Å². The molecule has 1 radical (unpaired) electrons. The molecule has 1 heterocycles. The molecular weight excluding hydrogens is 290 g/mol. The molecule has 111 valence electrons. The van der Waals surface area contributed by atoms with Crippen LogP contribution < -0.4 is 10.2 Å². The van der Waals surface area contributed by atoms with Gasteiger partial charge in [-0.3, -0.25) is 0 Å². The van der Waals surface area contributed by atoms with Crippen LogP contribution in [0.25, 0.3) is 6.08 Å². The van der Waals surface area contributed by atoms with Crippen molar-refractivity contribution in [2.75, 3.05) is 6.61 Å². The van der Waals surface area contributed by atoms with E-state index in [1.807, 2.05) is 0 Å². The average molecular weight is 300 g/mol. The van der Waals surface area contributed by atoms with Crippen molar-refractivity contribution < 1.29 is 22.3 Å². The summed E-state index contributed by atoms with van der Waals surface area (Å²) < 4.78 is 53.9. The second-order valence-corrected chi connectivity index (χ2v) is 4.07. The van der Waals surface area contributed by atoms with Crippen LogP contribution in [-0.2, 0) is 0 Å². The fourth-order valence-electron chi connectivity index (χ4n) is 1.36. The highest BCUT2D eigenvalue weighted by atomic mass is 19.3. The fourth-order valence-corrected chi connectivity index (χ4v) is 1.36. The third-order valence-electron chi connectivity index (χ3n) is 2.46. The van der Waals surface area contributed by atoms with E-state index in [2.05, 4.69) is 20.3 Å². The maximum Gasteiger partial charge on any atom is 0.340 e. The molecule has 0 atom stereocenters. The SMILES string of the molecule is FC(F)C(F)(F)COc1ccc(/C=C/C2=N[N]C=N2)cc1. The summed E-state index contributed by atoms with van der Waals surface area (Å²) in [7, 11) is 0. The van der Waals surface area contributed by atoms with E-state index in [1.165, 1.54) is 18.5 Å². The fraction of sp³-hybridized carbons (Fsp3) is 0.231. The Kier molecular flexibility index (Phi) is 4.56. The van der Waals surface area contributed by atoms with E-state index in [0.29, 0.717) is 5.84 Å². The first-order valence-electron chi connectivity index (χ1n) is 5.85. The molecule has 21 heavy (non-hydrogen) atoms. The van der Waals surface area contributed by atoms with Gasteiger partial charge in [0.15, 0.2) is 12.4 Å². The zero-order valence-electron chi connectivity index (χ0n) is 10.6. The lowest BCUT2D eigenvalue weighted by Gasteiger charge is -2.15. The third kappa shape index (κ3) is 4.30. The molecule has 0 spiro atoms. The van der Waals surface area contributed by atoms with Gasteiger partial charge in [-0.2, -0.15) is 8.78 Å². The van der Waals surface area contributed by atoms with Crippen LogP contribution in [0, 0.1) is 0 Å². The summed E-state index contributed by atoms with van der Waals surface area (Å²) in [5, 5.41) is 3.69. The normalized spacial score (nSPS) is 14.6. The molecule has 8 heteroatoms. The standard InChI is InChI=1S/C13H10F4N3O/c14-12(15)13(16,17)7-21-10-4-1-9(2-5-10)3-6-11-18-8-19-20-11/h1-6,8,12H,7H2/b6-3+. The minimum atomic E-state index is -4.17. The second kappa shape index (κ2) is 6.38. The Bertz CT molecular complexity index is 567. The molecular formula is C13H10F4N3O. The van der Waals surface area contributed by atoms with Crippen LogP contribution in [-0.4, -0.2) is 31.1 Å². The molecule has 4 nitrogen and oxygen atoms in total. The Morgan fingerprint density at radius 2 is 1.86 bits per heavy atom. The van der Waals surface area contributed by atoms with E-state index in [-0.39, 0.29) is 5.75 Å². The Hall–Kier alpha value is -2.38. The highest BCUT2D eigenvalue weighted by Crippen LogP contribution is 2.24. The number of amidine groups is 1. The van der Waals surface area contributed by atoms with Crippen molar-refractivity contribution in [2.24, 2.45) is 10.1 Å². The van der Waals surface area contributed by atoms with Crippen molar-refractivity contribution in [3.8, 4) is 5.75 Å². The molecule has 0 saturated heterocycles. The molecule has 1 aliphatic rings. The Labute approximate surface area is 117 Å². The summed E-state index contributed by atoms with van der Waals surface area (Å²) in [5.74, 6) is -3.65. The second-order valence-electron chi connectivity index (χ2n) is 4.07. The van der Waals surface area contributed by atoms with Gasteiger partial charge < -0.3 is 4.74 Å². The van der Waals surface area contributed by atoms with Gasteiger partial charge in [0, 0.05) is 0 Å². The summed E-state index contributed by atoms with van der Waals surface area (Å²) in [6, 6.07) is 5.99. The number of benzene rings is 1. The van der Waals surface area contributed by atoms with Gasteiger partial charge in [-0.05, 0) is 23.8 Å². The number of alkyl halides is 4. The predicted octanol–water partition coefficient (Wildman–Crippen LogP) is 2.94. The number of hydrogen-bond acceptors (Lipinski definition) is 3. The highest BCUT2D eigenvalue weighted by molar-refractivity contribution is 6.02. The average Bonchev–Trinajstić information content (AvgIpc) is 2.97. The molecule has 0 aromatic heterocycles. The van der Waals surface area contributed by atoms with Gasteiger partial charge in [-0.1, -0.05) is 18.2 Å². The molecule has 0 unspecified atom stereocenters. The van der Waals surface area contributed by atoms with E-state index in [0.717, 1.165) is 5.56 Å². The van der Waals surface area contributed by atoms with Gasteiger partial charge in [0.25, 0.3) is 0 Å². The Morgan fingerprint density at radius 1 is 1.14 bits per heavy atom. The van der Waals surface area contributed by atoms with Crippen molar-refractivity contribution in [1.82, 2.24) is 5.43 Å². The van der Waals surface area contributed by atoms with E-state index >= 15 is 0 Å². The monoisotopic (exact) mass is 300 g/mol. The molecule has 0 fully saturated rings. The number of halogens is 4. The zero-order chi connectivity index (χ0) is 15.3. The maximum absolute atomic E-state index is 12.7. The smallest absolute Gasteiger partial charge is 0.340 e. The van der Waals surface area contributed by atoms with Crippen molar-refractivity contribution >= 4 is 18.3 Å². The van der Waals surface area contributed by atoms with E-state index in [1.54, 1.807) is 24.3 Å². The topological polar surface area (TPSA) is 48.0 Å². The largest absolute Gasteiger partial charge is 0.487 e. The maximum atomic E-state index is 12.7. The van der Waals surface area contributed by atoms with E-state index in [4.69, 9.17) is 0 Å². The summed E-state index contributed by atoms with van der Waals surface area (Å²) in [6.45, 7) is -1.37. The van der Waals surface area contributed by atoms with Crippen LogP contribution in [0.3, 0.4) is 0 Å². The summed E-state index contributed by atoms with van der Waals surface area (Å²) in [5.41, 5.74) is 4.29. The number of nitrogens with zero attached hydrogens (tertiary/aromatic N) is 3. The van der Waals surface area contributed by atoms with Gasteiger partial charge in [-0.25, -0.2) is 13.8 Å². The minimum Gasteiger partial charge on any atom is -0.487 e. The van der Waals surface area contributed by atoms with E-state index in [9.17, 15) is 17.6 Å². The number of ether oxygens (including phenoxy) is 1. The Balaban J connectivity index is 1.91. The van der Waals surface area contributed by atoms with Gasteiger partial charge >= 0.3 is 12.3 Å². The lowest BCUT2D eigenvalue weighted by Crippen LogP contribution is -2.33. The van der Waals surface area contributed by atoms with Crippen LogP contribution in [0.5, 0.6) is 5.75 Å². The third-order valence-corrected chi connectivity index (χ3v) is 2.46. The highest BCUT2D eigenvalue weighted by Gasteiger charge is 2.41. The Morgan fingerprint density at radius 3 is 2.43 bits per heavy atom. The van der Waals surface area contributed by atoms with Crippen LogP contribution in [0.2, 0.25) is 0 Å². The molecule has 1 aromatic carbocycles. The first kappa shape index (κ1) is 15.0. The van der Waals surface area contributed by atoms with Gasteiger partial charge in [-0.15, -0.1) is 10.5 Å². The van der Waals surface area contributed by atoms with Gasteiger partial charge in [0.05, 0.1) is 0 Å². The van der Waals surface area contributed by atoms with Crippen molar-refractivity contribution in [2.45, 2.75) is 12.3 Å². The molecule has 0 amide bonds. The van der Waals surface area contributed by atoms with E-state index < -0.39 is 19.0 Å². The predicted molar refractivity (Wildman–Crippen MR) is 70.0 cm³/mol. The van der Waals surface area contributed by atoms with Gasteiger partial charge in [0.2, 0.25) is 0 Å². The quantitative estimate of drug-likeness (QED) is 0.745. The van der Waals surface area contributed by atoms with Crippen LogP contribution >= 0.6 is 0 Å². The van der Waals surface area contributed by atoms with Crippen LogP contribution in [0.15, 0.2) is 40.4 Å². The minimum absolute atomic E-state index is 0.0821. The first-order chi connectivity index (χ1) is 9.97. The molecule has 0 aliphatic carbocycles. The lowest BCUT2D eigenvalue weighted by molar-refractivity contribution is -0.148. The summed E-state index contributed by atoms with van der Waals surface area (Å²) in [6.07, 6.45) is 0.861. The zero-order valence-corrected chi connectivity index (χ0v) is 10.6. The first-order valence-corrected chi connectivity index (χ1v) is 5.85. The molecule has 0 saturated carbocycles. The molecule has 0 bridgehead atoms. The van der Waals surface area contributed by atoms with Gasteiger partial charge in [0.1, 0.15) is 12.1 Å². The van der Waals surface area contributed by atoms with Crippen LogP contribution in [0.1, 0.15) is 5.56 Å². The molecule has 0 N–H and O–H groups in total. The summed E-state index contributed by atoms with van der Waals surface area (Å²) in [4.78, 5) is 3.83. The lowest BCUT2D eigenvalue weighted by atomic mass is 10.2. The number of hydrogen-bond donors (Lipinski definition) is 0. The molecule has 1 aliphatic heterocycles. The number of aliphatic imine (C=N–C) groups is 1. The van der Waals surface area contributed by atoms with Crippen molar-refractivity contribution in [3.63, 3.8) is 0 Å².